The van der Waals surface area contributed by atoms with E-state index in [1.165, 1.54) is 45.4 Å². The van der Waals surface area contributed by atoms with Crippen LogP contribution in [0.15, 0.2) is 0 Å². The van der Waals surface area contributed by atoms with E-state index in [1.54, 1.807) is 0 Å². The fraction of sp³-hybridized carbons (Fsp3) is 1.00. The van der Waals surface area contributed by atoms with Crippen LogP contribution in [0.25, 0.3) is 0 Å². The molecule has 134 valence electrons. The molecule has 1 fully saturated rings. The van der Waals surface area contributed by atoms with Crippen LogP contribution in [0.5, 0.6) is 0 Å². The van der Waals surface area contributed by atoms with E-state index in [9.17, 15) is 0 Å². The summed E-state index contributed by atoms with van der Waals surface area (Å²) in [6.07, 6.45) is 3.83. The minimum absolute atomic E-state index is 0. The number of halogens is 3. The summed E-state index contributed by atoms with van der Waals surface area (Å²) in [6.45, 7) is 7.17. The molecule has 3 nitrogen and oxygen atoms in total. The fourth-order valence-corrected chi connectivity index (χ4v) is 6.59. The normalized spacial score (nSPS) is 22.7. The van der Waals surface area contributed by atoms with E-state index in [-0.39, 0.29) is 37.2 Å². The maximum absolute atomic E-state index is 3.55. The molecule has 2 N–H and O–H groups in total. The van der Waals surface area contributed by atoms with Gasteiger partial charge in [0.15, 0.2) is 0 Å². The Balaban J connectivity index is -0.00000108. The van der Waals surface area contributed by atoms with Crippen molar-refractivity contribution >= 4 is 37.2 Å². The third-order valence-corrected chi connectivity index (χ3v) is 9.49. The summed E-state index contributed by atoms with van der Waals surface area (Å²) in [5, 5.41) is 19.9. The van der Waals surface area contributed by atoms with Crippen molar-refractivity contribution in [2.45, 2.75) is 45.4 Å². The van der Waals surface area contributed by atoms with Gasteiger partial charge in [-0.15, -0.1) is 37.2 Å². The second-order valence-corrected chi connectivity index (χ2v) is 29.8. The van der Waals surface area contributed by atoms with Gasteiger partial charge in [-0.1, -0.05) is 0 Å². The minimum atomic E-state index is -2.85. The Bertz CT molecular complexity index is 254. The molecule has 1 heterocycles. The van der Waals surface area contributed by atoms with E-state index < -0.39 is 14.3 Å². The van der Waals surface area contributed by atoms with Gasteiger partial charge >= 0.3 is 113 Å². The zero-order chi connectivity index (χ0) is 13.8. The summed E-state index contributed by atoms with van der Waals surface area (Å²) in [6, 6.07) is 0. The van der Waals surface area contributed by atoms with E-state index in [2.05, 4.69) is 40.2 Å². The molecule has 7 heteroatoms. The van der Waals surface area contributed by atoms with Gasteiger partial charge in [-0.25, -0.2) is 0 Å². The average Bonchev–Trinajstić information content (AvgIpc) is 2.14. The van der Waals surface area contributed by atoms with Crippen molar-refractivity contribution in [3.63, 3.8) is 0 Å². The zero-order valence-electron chi connectivity index (χ0n) is 14.5. The molecule has 1 saturated heterocycles. The van der Waals surface area contributed by atoms with E-state index in [0.29, 0.717) is 0 Å². The Morgan fingerprint density at radius 2 is 0.952 bits per heavy atom. The quantitative estimate of drug-likeness (QED) is 0.641. The molecule has 1 rings (SSSR count). The summed E-state index contributed by atoms with van der Waals surface area (Å²) < 4.78 is 2.84. The SMILES string of the molecule is Cl.Cl.Cl.[CH3][Ti]([CH3])([CH3])([CH3])([CH3])[N]1CCCNCCCNCCC1. The summed E-state index contributed by atoms with van der Waals surface area (Å²) in [4.78, 5) is 0. The second kappa shape index (κ2) is 9.69. The van der Waals surface area contributed by atoms with Crippen LogP contribution in [0, 0.1) is 0 Å². The van der Waals surface area contributed by atoms with Crippen LogP contribution in [0.4, 0.5) is 0 Å². The predicted molar refractivity (Wildman–Crippen MR) is 102 cm³/mol. The first kappa shape index (κ1) is 27.3. The molecule has 0 saturated carbocycles. The molecule has 0 atom stereocenters. The number of nitrogens with zero attached hydrogens (tertiary/aromatic N) is 1. The Hall–Kier alpha value is 1.46. The summed E-state index contributed by atoms with van der Waals surface area (Å²) in [5.74, 6) is 0. The molecule has 0 amide bonds. The average molecular weight is 403 g/mol. The first-order valence-corrected chi connectivity index (χ1v) is 16.3. The van der Waals surface area contributed by atoms with Gasteiger partial charge in [-0.3, -0.25) is 0 Å². The van der Waals surface area contributed by atoms with E-state index >= 15 is 0 Å². The Morgan fingerprint density at radius 1 is 0.619 bits per heavy atom. The van der Waals surface area contributed by atoms with E-state index in [4.69, 9.17) is 0 Å². The van der Waals surface area contributed by atoms with Crippen LogP contribution < -0.4 is 10.6 Å². The number of rotatable bonds is 1. The van der Waals surface area contributed by atoms with Crippen LogP contribution >= 0.6 is 37.2 Å². The fourth-order valence-electron chi connectivity index (χ4n) is 2.61. The van der Waals surface area contributed by atoms with Crippen molar-refractivity contribution in [2.75, 3.05) is 39.3 Å². The van der Waals surface area contributed by atoms with Gasteiger partial charge in [0.1, 0.15) is 0 Å². The van der Waals surface area contributed by atoms with Gasteiger partial charge < -0.3 is 0 Å². The molecule has 21 heavy (non-hydrogen) atoms. The van der Waals surface area contributed by atoms with Gasteiger partial charge in [-0.05, 0) is 0 Å². The first-order valence-electron chi connectivity index (χ1n) is 7.77. The van der Waals surface area contributed by atoms with Crippen molar-refractivity contribution < 1.29 is 14.3 Å². The zero-order valence-corrected chi connectivity index (χ0v) is 18.5. The Morgan fingerprint density at radius 3 is 1.29 bits per heavy atom. The maximum atomic E-state index is 3.55. The van der Waals surface area contributed by atoms with E-state index in [0.717, 1.165) is 13.1 Å². The van der Waals surface area contributed by atoms with Crippen LogP contribution in [0.1, 0.15) is 19.3 Å². The Labute approximate surface area is 149 Å². The first-order chi connectivity index (χ1) is 8.09. The molecule has 0 aliphatic carbocycles. The summed E-state index contributed by atoms with van der Waals surface area (Å²) in [7, 11) is 0. The second-order valence-electron chi connectivity index (χ2n) is 9.67. The molecule has 0 radical (unpaired) electrons. The van der Waals surface area contributed by atoms with Crippen LogP contribution in [-0.4, -0.2) is 42.7 Å². The van der Waals surface area contributed by atoms with Gasteiger partial charge in [0.25, 0.3) is 0 Å². The predicted octanol–water partition coefficient (Wildman–Crippen LogP) is 4.30. The number of nitrogens with one attached hydrogen (secondary N) is 2. The molecule has 0 spiro atoms. The van der Waals surface area contributed by atoms with Gasteiger partial charge in [-0.2, -0.15) is 0 Å². The number of hydrogen-bond donors (Lipinski definition) is 2. The molecule has 0 bridgehead atoms. The molecule has 0 unspecified atom stereocenters. The third-order valence-electron chi connectivity index (χ3n) is 3.85. The monoisotopic (exact) mass is 401 g/mol. The summed E-state index contributed by atoms with van der Waals surface area (Å²) in [5.41, 5.74) is 0. The van der Waals surface area contributed by atoms with Crippen molar-refractivity contribution in [3.05, 3.63) is 0 Å². The van der Waals surface area contributed by atoms with Gasteiger partial charge in [0.2, 0.25) is 0 Å². The van der Waals surface area contributed by atoms with Crippen molar-refractivity contribution in [1.29, 1.82) is 0 Å². The van der Waals surface area contributed by atoms with Crippen LogP contribution in [-0.2, 0) is 14.3 Å². The number of hydrogen-bond acceptors (Lipinski definition) is 3. The standard InChI is InChI=1S/C9H20N3.5CH3.3ClH.Ti/c1-4-10-6-2-8-12-9-3-7-11-5-1;;;;;;;;;/h10-11H,1-9H2;5*1H3;3*1H;/q-1;;;;;;;;;+1. The third kappa shape index (κ3) is 12.5. The van der Waals surface area contributed by atoms with E-state index in [1.807, 2.05) is 0 Å². The molecular formula is C14H38Cl3N3Ti. The molecule has 0 aromatic carbocycles. The molecule has 1 aliphatic heterocycles. The molecule has 0 aromatic rings. The van der Waals surface area contributed by atoms with Gasteiger partial charge in [0.05, 0.1) is 0 Å². The van der Waals surface area contributed by atoms with Crippen molar-refractivity contribution in [2.24, 2.45) is 0 Å². The Kier molecular flexibility index (Phi) is 12.6. The van der Waals surface area contributed by atoms with Crippen LogP contribution in [0.2, 0.25) is 26.1 Å². The summed E-state index contributed by atoms with van der Waals surface area (Å²) >= 11 is -2.85. The van der Waals surface area contributed by atoms with Crippen LogP contribution in [0.3, 0.4) is 0 Å². The molecule has 1 aliphatic rings. The molecular weight excluding hydrogens is 364 g/mol. The molecule has 0 aromatic heterocycles. The van der Waals surface area contributed by atoms with Crippen molar-refractivity contribution in [1.82, 2.24) is 14.0 Å². The van der Waals surface area contributed by atoms with Gasteiger partial charge in [0, 0.05) is 0 Å². The van der Waals surface area contributed by atoms with Crippen molar-refractivity contribution in [3.8, 4) is 0 Å². The topological polar surface area (TPSA) is 27.3 Å².